The van der Waals surface area contributed by atoms with Crippen LogP contribution in [0.25, 0.3) is 6.08 Å². The monoisotopic (exact) mass is 419 g/mol. The van der Waals surface area contributed by atoms with Gasteiger partial charge in [0.2, 0.25) is 0 Å². The summed E-state index contributed by atoms with van der Waals surface area (Å²) in [6.07, 6.45) is 2.70. The van der Waals surface area contributed by atoms with Gasteiger partial charge in [0, 0.05) is 11.8 Å². The van der Waals surface area contributed by atoms with Gasteiger partial charge in [0.05, 0.1) is 25.8 Å². The number of benzene rings is 2. The molecule has 8 heteroatoms. The number of hydrogen-bond acceptors (Lipinski definition) is 6. The van der Waals surface area contributed by atoms with Crippen LogP contribution in [-0.4, -0.2) is 39.3 Å². The molecule has 0 aliphatic carbocycles. The van der Waals surface area contributed by atoms with Crippen LogP contribution in [0.1, 0.15) is 12.5 Å². The Kier molecular flexibility index (Phi) is 8.36. The van der Waals surface area contributed by atoms with Crippen molar-refractivity contribution in [1.29, 1.82) is 0 Å². The van der Waals surface area contributed by atoms with E-state index in [1.807, 2.05) is 6.92 Å². The number of esters is 1. The topological polar surface area (TPSA) is 83.1 Å². The molecule has 0 fully saturated rings. The second kappa shape index (κ2) is 11.0. The predicted molar refractivity (Wildman–Crippen MR) is 111 cm³/mol. The van der Waals surface area contributed by atoms with Crippen molar-refractivity contribution in [2.45, 2.75) is 6.92 Å². The van der Waals surface area contributed by atoms with E-state index in [1.165, 1.54) is 26.4 Å². The van der Waals surface area contributed by atoms with Crippen molar-refractivity contribution < 1.29 is 28.5 Å². The Labute approximate surface area is 174 Å². The molecule has 1 amide bonds. The summed E-state index contributed by atoms with van der Waals surface area (Å²) < 4.78 is 20.6. The third-order valence-corrected chi connectivity index (χ3v) is 3.94. The van der Waals surface area contributed by atoms with Gasteiger partial charge in [-0.1, -0.05) is 11.6 Å². The maximum absolute atomic E-state index is 11.9. The summed E-state index contributed by atoms with van der Waals surface area (Å²) in [5.41, 5.74) is 1.19. The van der Waals surface area contributed by atoms with Crippen molar-refractivity contribution in [3.05, 3.63) is 53.1 Å². The highest BCUT2D eigenvalue weighted by Crippen LogP contribution is 2.36. The quantitative estimate of drug-likeness (QED) is 0.489. The van der Waals surface area contributed by atoms with E-state index in [-0.39, 0.29) is 0 Å². The van der Waals surface area contributed by atoms with Gasteiger partial charge in [-0.3, -0.25) is 4.79 Å². The van der Waals surface area contributed by atoms with E-state index >= 15 is 0 Å². The van der Waals surface area contributed by atoms with Gasteiger partial charge in [-0.15, -0.1) is 0 Å². The van der Waals surface area contributed by atoms with Crippen molar-refractivity contribution in [2.24, 2.45) is 0 Å². The smallest absolute Gasteiger partial charge is 0.331 e. The first-order chi connectivity index (χ1) is 14.0. The van der Waals surface area contributed by atoms with Crippen LogP contribution in [0.3, 0.4) is 0 Å². The molecule has 2 aromatic carbocycles. The number of methoxy groups -OCH3 is 2. The number of nitrogens with one attached hydrogen (secondary N) is 1. The zero-order valence-electron chi connectivity index (χ0n) is 16.4. The van der Waals surface area contributed by atoms with E-state index in [0.29, 0.717) is 40.1 Å². The molecule has 0 aliphatic rings. The van der Waals surface area contributed by atoms with Crippen molar-refractivity contribution >= 4 is 35.2 Å². The van der Waals surface area contributed by atoms with Crippen LogP contribution < -0.4 is 19.5 Å². The average molecular weight is 420 g/mol. The Hall–Kier alpha value is -3.19. The minimum absolute atomic E-state index is 0.342. The normalized spacial score (nSPS) is 10.5. The molecule has 0 aliphatic heterocycles. The summed E-state index contributed by atoms with van der Waals surface area (Å²) in [6, 6.07) is 10.2. The zero-order valence-corrected chi connectivity index (χ0v) is 17.1. The summed E-state index contributed by atoms with van der Waals surface area (Å²) in [5.74, 6) is 0.419. The Morgan fingerprint density at radius 1 is 1.10 bits per heavy atom. The lowest BCUT2D eigenvalue weighted by molar-refractivity contribution is -0.142. The first-order valence-electron chi connectivity index (χ1n) is 8.75. The van der Waals surface area contributed by atoms with Crippen molar-refractivity contribution in [1.82, 2.24) is 0 Å². The van der Waals surface area contributed by atoms with Crippen LogP contribution in [0.15, 0.2) is 42.5 Å². The van der Waals surface area contributed by atoms with Crippen LogP contribution >= 0.6 is 11.6 Å². The molecular formula is C21H22ClNO6. The first-order valence-corrected chi connectivity index (χ1v) is 9.13. The number of rotatable bonds is 9. The molecule has 0 spiro atoms. The molecule has 2 aromatic rings. The Morgan fingerprint density at radius 2 is 1.83 bits per heavy atom. The van der Waals surface area contributed by atoms with Crippen LogP contribution in [-0.2, 0) is 14.3 Å². The molecule has 1 N–H and O–H groups in total. The average Bonchev–Trinajstić information content (AvgIpc) is 2.71. The number of amides is 1. The second-order valence-corrected chi connectivity index (χ2v) is 6.09. The van der Waals surface area contributed by atoms with E-state index in [9.17, 15) is 9.59 Å². The molecule has 0 aromatic heterocycles. The molecule has 0 bridgehead atoms. The van der Waals surface area contributed by atoms with Gasteiger partial charge < -0.3 is 24.3 Å². The minimum Gasteiger partial charge on any atom is -0.494 e. The highest BCUT2D eigenvalue weighted by Gasteiger charge is 2.10. The molecule has 0 radical (unpaired) electrons. The third kappa shape index (κ3) is 6.73. The Bertz CT molecular complexity index is 879. The van der Waals surface area contributed by atoms with E-state index < -0.39 is 18.5 Å². The summed E-state index contributed by atoms with van der Waals surface area (Å²) in [4.78, 5) is 23.8. The summed E-state index contributed by atoms with van der Waals surface area (Å²) in [5, 5.41) is 2.97. The van der Waals surface area contributed by atoms with Crippen LogP contribution in [0.4, 0.5) is 5.69 Å². The van der Waals surface area contributed by atoms with E-state index in [2.05, 4.69) is 5.32 Å². The van der Waals surface area contributed by atoms with Crippen molar-refractivity contribution in [2.75, 3.05) is 32.8 Å². The standard InChI is InChI=1S/C21H22ClNO6/c1-4-28-16-8-6-15(7-9-16)23-19(24)13-29-20(25)10-5-14-11-17(22)21(27-3)18(12-14)26-2/h5-12H,4,13H2,1-3H3,(H,23,24)/b10-5+. The summed E-state index contributed by atoms with van der Waals surface area (Å²) >= 11 is 6.12. The summed E-state index contributed by atoms with van der Waals surface area (Å²) in [7, 11) is 2.97. The molecule has 29 heavy (non-hydrogen) atoms. The highest BCUT2D eigenvalue weighted by atomic mass is 35.5. The fraction of sp³-hybridized carbons (Fsp3) is 0.238. The number of hydrogen-bond donors (Lipinski definition) is 1. The van der Waals surface area contributed by atoms with E-state index in [1.54, 1.807) is 36.4 Å². The number of carbonyl (C=O) groups is 2. The van der Waals surface area contributed by atoms with Gasteiger partial charge in [0.15, 0.2) is 18.1 Å². The molecule has 2 rings (SSSR count). The second-order valence-electron chi connectivity index (χ2n) is 5.68. The molecule has 154 valence electrons. The van der Waals surface area contributed by atoms with Crippen LogP contribution in [0, 0.1) is 0 Å². The van der Waals surface area contributed by atoms with Gasteiger partial charge in [0.25, 0.3) is 5.91 Å². The fourth-order valence-electron chi connectivity index (χ4n) is 2.38. The molecule has 0 heterocycles. The van der Waals surface area contributed by atoms with Crippen LogP contribution in [0.5, 0.6) is 17.2 Å². The van der Waals surface area contributed by atoms with Gasteiger partial charge in [-0.05, 0) is 55.0 Å². The maximum Gasteiger partial charge on any atom is 0.331 e. The number of anilines is 1. The number of halogens is 1. The SMILES string of the molecule is CCOc1ccc(NC(=O)COC(=O)/C=C/c2cc(Cl)c(OC)c(OC)c2)cc1. The predicted octanol–water partition coefficient (Wildman–Crippen LogP) is 3.95. The molecule has 0 unspecified atom stereocenters. The molecule has 0 saturated carbocycles. The lowest BCUT2D eigenvalue weighted by atomic mass is 10.2. The lowest BCUT2D eigenvalue weighted by Gasteiger charge is -2.10. The van der Waals surface area contributed by atoms with Crippen molar-refractivity contribution in [3.8, 4) is 17.2 Å². The maximum atomic E-state index is 11.9. The van der Waals surface area contributed by atoms with Gasteiger partial charge >= 0.3 is 5.97 Å². The highest BCUT2D eigenvalue weighted by molar-refractivity contribution is 6.32. The third-order valence-electron chi connectivity index (χ3n) is 3.66. The van der Waals surface area contributed by atoms with Gasteiger partial charge in [-0.25, -0.2) is 4.79 Å². The Morgan fingerprint density at radius 3 is 2.45 bits per heavy atom. The fourth-order valence-corrected chi connectivity index (χ4v) is 2.68. The molecule has 7 nitrogen and oxygen atoms in total. The summed E-state index contributed by atoms with van der Waals surface area (Å²) in [6.45, 7) is 2.03. The zero-order chi connectivity index (χ0) is 21.2. The van der Waals surface area contributed by atoms with Gasteiger partial charge in [-0.2, -0.15) is 0 Å². The molecular weight excluding hydrogens is 398 g/mol. The van der Waals surface area contributed by atoms with E-state index in [4.69, 9.17) is 30.5 Å². The number of ether oxygens (including phenoxy) is 4. The largest absolute Gasteiger partial charge is 0.494 e. The molecule has 0 atom stereocenters. The number of carbonyl (C=O) groups excluding carboxylic acids is 2. The van der Waals surface area contributed by atoms with Crippen molar-refractivity contribution in [3.63, 3.8) is 0 Å². The lowest BCUT2D eigenvalue weighted by Crippen LogP contribution is -2.20. The van der Waals surface area contributed by atoms with Crippen LogP contribution in [0.2, 0.25) is 5.02 Å². The molecule has 0 saturated heterocycles. The first kappa shape index (κ1) is 22.1. The van der Waals surface area contributed by atoms with Gasteiger partial charge in [0.1, 0.15) is 5.75 Å². The Balaban J connectivity index is 1.87. The minimum atomic E-state index is -0.669. The van der Waals surface area contributed by atoms with E-state index in [0.717, 1.165) is 0 Å².